The first-order valence-corrected chi connectivity index (χ1v) is 7.92. The van der Waals surface area contributed by atoms with Crippen LogP contribution in [-0.4, -0.2) is 17.9 Å². The van der Waals surface area contributed by atoms with Crippen molar-refractivity contribution >= 4 is 23.2 Å². The minimum Gasteiger partial charge on any atom is -0.481 e. The van der Waals surface area contributed by atoms with Gasteiger partial charge >= 0.3 is 0 Å². The zero-order chi connectivity index (χ0) is 17.5. The maximum absolute atomic E-state index is 12.2. The second kappa shape index (κ2) is 8.15. The third-order valence-corrected chi connectivity index (χ3v) is 3.43. The molecule has 24 heavy (non-hydrogen) atoms. The van der Waals surface area contributed by atoms with Crippen LogP contribution in [0.5, 0.6) is 5.75 Å². The number of amides is 2. The van der Waals surface area contributed by atoms with E-state index in [2.05, 4.69) is 10.6 Å². The van der Waals surface area contributed by atoms with Crippen LogP contribution >= 0.6 is 0 Å². The lowest BCUT2D eigenvalue weighted by atomic mass is 10.2. The fourth-order valence-electron chi connectivity index (χ4n) is 2.08. The molecule has 2 rings (SSSR count). The second-order valence-corrected chi connectivity index (χ2v) is 5.54. The number of aryl methyl sites for hydroxylation is 1. The van der Waals surface area contributed by atoms with Crippen LogP contribution in [0.2, 0.25) is 0 Å². The van der Waals surface area contributed by atoms with E-state index in [4.69, 9.17) is 4.74 Å². The van der Waals surface area contributed by atoms with Gasteiger partial charge in [-0.1, -0.05) is 19.1 Å². The molecule has 0 radical (unpaired) electrons. The molecule has 5 heteroatoms. The molecule has 0 bridgehead atoms. The molecule has 2 aromatic carbocycles. The number of rotatable bonds is 6. The van der Waals surface area contributed by atoms with Crippen molar-refractivity contribution in [1.82, 2.24) is 0 Å². The van der Waals surface area contributed by atoms with Crippen molar-refractivity contribution < 1.29 is 14.3 Å². The molecular weight excluding hydrogens is 304 g/mol. The number of carbonyl (C=O) groups is 2. The fourth-order valence-corrected chi connectivity index (χ4v) is 2.08. The summed E-state index contributed by atoms with van der Waals surface area (Å²) in [5, 5.41) is 5.55. The first-order chi connectivity index (χ1) is 11.5. The van der Waals surface area contributed by atoms with Crippen LogP contribution in [0.3, 0.4) is 0 Å². The summed E-state index contributed by atoms with van der Waals surface area (Å²) in [5.41, 5.74) is 2.42. The molecule has 1 unspecified atom stereocenters. The highest BCUT2D eigenvalue weighted by molar-refractivity contribution is 5.95. The van der Waals surface area contributed by atoms with Crippen LogP contribution in [0.15, 0.2) is 48.5 Å². The molecule has 0 aliphatic rings. The molecule has 0 fully saturated rings. The molecule has 0 aliphatic carbocycles. The van der Waals surface area contributed by atoms with E-state index in [0.717, 1.165) is 5.56 Å². The van der Waals surface area contributed by atoms with E-state index in [1.165, 1.54) is 0 Å². The number of ether oxygens (including phenoxy) is 1. The summed E-state index contributed by atoms with van der Waals surface area (Å²) in [6.45, 7) is 5.46. The zero-order valence-corrected chi connectivity index (χ0v) is 14.1. The molecule has 0 aromatic heterocycles. The first-order valence-electron chi connectivity index (χ1n) is 7.92. The Morgan fingerprint density at radius 2 is 1.67 bits per heavy atom. The van der Waals surface area contributed by atoms with Gasteiger partial charge in [0.1, 0.15) is 5.75 Å². The third-order valence-electron chi connectivity index (χ3n) is 3.43. The number of hydrogen-bond donors (Lipinski definition) is 2. The quantitative estimate of drug-likeness (QED) is 0.849. The summed E-state index contributed by atoms with van der Waals surface area (Å²) in [6, 6.07) is 14.5. The molecule has 0 saturated carbocycles. The fraction of sp³-hybridized carbons (Fsp3) is 0.263. The van der Waals surface area contributed by atoms with Crippen LogP contribution in [0, 0.1) is 6.92 Å². The molecule has 0 saturated heterocycles. The van der Waals surface area contributed by atoms with Gasteiger partial charge in [-0.15, -0.1) is 0 Å². The number of nitrogens with one attached hydrogen (secondary N) is 2. The Morgan fingerprint density at radius 1 is 1.04 bits per heavy atom. The van der Waals surface area contributed by atoms with Gasteiger partial charge < -0.3 is 15.4 Å². The van der Waals surface area contributed by atoms with E-state index < -0.39 is 6.10 Å². The van der Waals surface area contributed by atoms with Crippen molar-refractivity contribution in [2.45, 2.75) is 33.3 Å². The normalized spacial score (nSPS) is 11.5. The van der Waals surface area contributed by atoms with E-state index >= 15 is 0 Å². The molecule has 0 spiro atoms. The van der Waals surface area contributed by atoms with Gasteiger partial charge in [-0.05, 0) is 55.8 Å². The molecule has 0 heterocycles. The Labute approximate surface area is 142 Å². The maximum Gasteiger partial charge on any atom is 0.265 e. The average Bonchev–Trinajstić information content (AvgIpc) is 2.56. The largest absolute Gasteiger partial charge is 0.481 e. The molecule has 2 aromatic rings. The van der Waals surface area contributed by atoms with E-state index in [9.17, 15) is 9.59 Å². The van der Waals surface area contributed by atoms with E-state index in [1.54, 1.807) is 38.1 Å². The number of hydrogen-bond acceptors (Lipinski definition) is 3. The van der Waals surface area contributed by atoms with Gasteiger partial charge in [0.15, 0.2) is 6.10 Å². The Hall–Kier alpha value is -2.82. The highest BCUT2D eigenvalue weighted by Gasteiger charge is 2.15. The lowest BCUT2D eigenvalue weighted by molar-refractivity contribution is -0.122. The summed E-state index contributed by atoms with van der Waals surface area (Å²) in [4.78, 5) is 23.5. The maximum atomic E-state index is 12.2. The SMILES string of the molecule is CCC(=O)Nc1ccc(NC(=O)C(C)Oc2cccc(C)c2)cc1. The van der Waals surface area contributed by atoms with Crippen molar-refractivity contribution in [3.8, 4) is 5.75 Å². The van der Waals surface area contributed by atoms with E-state index in [0.29, 0.717) is 23.5 Å². The molecule has 2 amide bonds. The highest BCUT2D eigenvalue weighted by Crippen LogP contribution is 2.17. The van der Waals surface area contributed by atoms with Crippen molar-refractivity contribution in [2.24, 2.45) is 0 Å². The number of anilines is 2. The Kier molecular flexibility index (Phi) is 5.95. The van der Waals surface area contributed by atoms with Crippen molar-refractivity contribution in [1.29, 1.82) is 0 Å². The average molecular weight is 326 g/mol. The Morgan fingerprint density at radius 3 is 2.25 bits per heavy atom. The zero-order valence-electron chi connectivity index (χ0n) is 14.1. The van der Waals surface area contributed by atoms with Gasteiger partial charge in [-0.2, -0.15) is 0 Å². The van der Waals surface area contributed by atoms with Gasteiger partial charge in [-0.25, -0.2) is 0 Å². The molecule has 0 aliphatic heterocycles. The summed E-state index contributed by atoms with van der Waals surface area (Å²) >= 11 is 0. The van der Waals surface area contributed by atoms with Crippen LogP contribution < -0.4 is 15.4 Å². The van der Waals surface area contributed by atoms with Crippen LogP contribution in [-0.2, 0) is 9.59 Å². The summed E-state index contributed by atoms with van der Waals surface area (Å²) in [5.74, 6) is 0.379. The van der Waals surface area contributed by atoms with Crippen molar-refractivity contribution in [3.05, 3.63) is 54.1 Å². The van der Waals surface area contributed by atoms with Crippen LogP contribution in [0.1, 0.15) is 25.8 Å². The third kappa shape index (κ3) is 5.12. The van der Waals surface area contributed by atoms with Gasteiger partial charge in [0.25, 0.3) is 5.91 Å². The monoisotopic (exact) mass is 326 g/mol. The summed E-state index contributed by atoms with van der Waals surface area (Å²) < 4.78 is 5.65. The lowest BCUT2D eigenvalue weighted by Crippen LogP contribution is -2.30. The summed E-state index contributed by atoms with van der Waals surface area (Å²) in [6.07, 6.45) is -0.196. The van der Waals surface area contributed by atoms with Crippen molar-refractivity contribution in [3.63, 3.8) is 0 Å². The lowest BCUT2D eigenvalue weighted by Gasteiger charge is -2.15. The predicted octanol–water partition coefficient (Wildman–Crippen LogP) is 3.75. The minimum atomic E-state index is -0.619. The molecule has 5 nitrogen and oxygen atoms in total. The standard InChI is InChI=1S/C19H22N2O3/c1-4-18(22)20-15-8-10-16(11-9-15)21-19(23)14(3)24-17-7-5-6-13(2)12-17/h5-12,14H,4H2,1-3H3,(H,20,22)(H,21,23). The Balaban J connectivity index is 1.92. The summed E-state index contributed by atoms with van der Waals surface area (Å²) in [7, 11) is 0. The molecule has 2 N–H and O–H groups in total. The highest BCUT2D eigenvalue weighted by atomic mass is 16.5. The predicted molar refractivity (Wildman–Crippen MR) is 95.3 cm³/mol. The van der Waals surface area contributed by atoms with Gasteiger partial charge in [0.2, 0.25) is 5.91 Å². The number of carbonyl (C=O) groups excluding carboxylic acids is 2. The first kappa shape index (κ1) is 17.5. The van der Waals surface area contributed by atoms with Gasteiger partial charge in [-0.3, -0.25) is 9.59 Å². The Bertz CT molecular complexity index is 711. The minimum absolute atomic E-state index is 0.0491. The van der Waals surface area contributed by atoms with Crippen LogP contribution in [0.25, 0.3) is 0 Å². The second-order valence-electron chi connectivity index (χ2n) is 5.54. The topological polar surface area (TPSA) is 67.4 Å². The number of benzene rings is 2. The van der Waals surface area contributed by atoms with Gasteiger partial charge in [0.05, 0.1) is 0 Å². The van der Waals surface area contributed by atoms with Crippen LogP contribution in [0.4, 0.5) is 11.4 Å². The van der Waals surface area contributed by atoms with Crippen molar-refractivity contribution in [2.75, 3.05) is 10.6 Å². The molecule has 1 atom stereocenters. The van der Waals surface area contributed by atoms with Gasteiger partial charge in [0, 0.05) is 17.8 Å². The van der Waals surface area contributed by atoms with E-state index in [-0.39, 0.29) is 11.8 Å². The smallest absolute Gasteiger partial charge is 0.265 e. The van der Waals surface area contributed by atoms with E-state index in [1.807, 2.05) is 31.2 Å². The molecule has 126 valence electrons. The molecular formula is C19H22N2O3.